The van der Waals surface area contributed by atoms with Crippen LogP contribution in [-0.2, 0) is 17.9 Å². The largest absolute Gasteiger partial charge is 0.456 e. The first-order chi connectivity index (χ1) is 13.7. The predicted octanol–water partition coefficient (Wildman–Crippen LogP) is 5.31. The maximum Gasteiger partial charge on any atom is 0.358 e. The second-order valence-electron chi connectivity index (χ2n) is 6.08. The number of aromatic nitrogens is 2. The smallest absolute Gasteiger partial charge is 0.358 e. The summed E-state index contributed by atoms with van der Waals surface area (Å²) < 4.78 is 5.37. The average molecular weight is 410 g/mol. The molecule has 0 fully saturated rings. The number of ether oxygens (including phenoxy) is 1. The number of pyridine rings is 1. The van der Waals surface area contributed by atoms with E-state index in [1.165, 1.54) is 11.3 Å². The molecule has 0 atom stereocenters. The Morgan fingerprint density at radius 1 is 1.07 bits per heavy atom. The van der Waals surface area contributed by atoms with Crippen LogP contribution in [0.2, 0.25) is 5.15 Å². The first-order valence-corrected chi connectivity index (χ1v) is 9.89. The first kappa shape index (κ1) is 18.4. The Labute approximate surface area is 171 Å². The number of anilines is 1. The van der Waals surface area contributed by atoms with E-state index in [-0.39, 0.29) is 12.3 Å². The van der Waals surface area contributed by atoms with E-state index in [4.69, 9.17) is 16.3 Å². The molecule has 0 saturated carbocycles. The molecule has 7 heteroatoms. The molecule has 4 aromatic rings. The van der Waals surface area contributed by atoms with Gasteiger partial charge in [0.2, 0.25) is 0 Å². The highest BCUT2D eigenvalue weighted by molar-refractivity contribution is 7.13. The minimum atomic E-state index is -0.492. The van der Waals surface area contributed by atoms with Crippen molar-refractivity contribution in [1.29, 1.82) is 0 Å². The quantitative estimate of drug-likeness (QED) is 0.345. The number of hydrogen-bond donors (Lipinski definition) is 1. The topological polar surface area (TPSA) is 64.1 Å². The monoisotopic (exact) mass is 409 g/mol. The zero-order valence-corrected chi connectivity index (χ0v) is 16.3. The number of esters is 1. The lowest BCUT2D eigenvalue weighted by molar-refractivity contribution is 0.0467. The number of carbonyl (C=O) groups excluding carboxylic acids is 1. The highest BCUT2D eigenvalue weighted by Gasteiger charge is 2.14. The van der Waals surface area contributed by atoms with Crippen LogP contribution in [0.4, 0.5) is 5.13 Å². The Morgan fingerprint density at radius 2 is 1.86 bits per heavy atom. The van der Waals surface area contributed by atoms with E-state index in [0.29, 0.717) is 22.4 Å². The third-order valence-corrected chi connectivity index (χ3v) is 5.24. The van der Waals surface area contributed by atoms with Crippen molar-refractivity contribution in [3.63, 3.8) is 0 Å². The lowest BCUT2D eigenvalue weighted by atomic mass is 10.2. The molecule has 0 radical (unpaired) electrons. The van der Waals surface area contributed by atoms with Crippen molar-refractivity contribution in [1.82, 2.24) is 9.97 Å². The van der Waals surface area contributed by atoms with Gasteiger partial charge < -0.3 is 10.1 Å². The van der Waals surface area contributed by atoms with Gasteiger partial charge in [-0.1, -0.05) is 60.1 Å². The molecule has 1 N–H and O–H groups in total. The van der Waals surface area contributed by atoms with E-state index >= 15 is 0 Å². The number of carbonyl (C=O) groups is 1. The van der Waals surface area contributed by atoms with Crippen LogP contribution in [0.5, 0.6) is 0 Å². The van der Waals surface area contributed by atoms with Gasteiger partial charge in [0.05, 0.1) is 5.52 Å². The second-order valence-corrected chi connectivity index (χ2v) is 7.30. The summed E-state index contributed by atoms with van der Waals surface area (Å²) in [6, 6.07) is 19.5. The highest BCUT2D eigenvalue weighted by atomic mass is 35.5. The molecule has 2 aromatic carbocycles. The number of nitrogens with one attached hydrogen (secondary N) is 1. The number of thiazole rings is 1. The van der Waals surface area contributed by atoms with Gasteiger partial charge in [0.25, 0.3) is 0 Å². The fourth-order valence-corrected chi connectivity index (χ4v) is 3.56. The zero-order chi connectivity index (χ0) is 19.3. The summed E-state index contributed by atoms with van der Waals surface area (Å²) in [6.45, 7) is 0.682. The van der Waals surface area contributed by atoms with Crippen molar-refractivity contribution in [2.24, 2.45) is 0 Å². The number of para-hydroxylation sites is 1. The fourth-order valence-electron chi connectivity index (χ4n) is 2.68. The lowest BCUT2D eigenvalue weighted by Crippen LogP contribution is -2.07. The van der Waals surface area contributed by atoms with Crippen molar-refractivity contribution >= 4 is 44.9 Å². The molecule has 140 valence electrons. The van der Waals surface area contributed by atoms with Crippen LogP contribution >= 0.6 is 22.9 Å². The van der Waals surface area contributed by atoms with E-state index in [1.54, 1.807) is 5.38 Å². The summed E-state index contributed by atoms with van der Waals surface area (Å²) in [4.78, 5) is 20.9. The molecular formula is C21H16ClN3O2S. The summed E-state index contributed by atoms with van der Waals surface area (Å²) in [5, 5.41) is 6.82. The van der Waals surface area contributed by atoms with Gasteiger partial charge in [-0.05, 0) is 17.7 Å². The number of benzene rings is 2. The van der Waals surface area contributed by atoms with Gasteiger partial charge in [-0.15, -0.1) is 11.3 Å². The normalized spacial score (nSPS) is 10.8. The van der Waals surface area contributed by atoms with Crippen LogP contribution in [0.1, 0.15) is 21.6 Å². The summed E-state index contributed by atoms with van der Waals surface area (Å²) in [5.41, 5.74) is 2.87. The van der Waals surface area contributed by atoms with Gasteiger partial charge in [-0.25, -0.2) is 14.8 Å². The van der Waals surface area contributed by atoms with E-state index in [0.717, 1.165) is 16.5 Å². The van der Waals surface area contributed by atoms with Crippen LogP contribution < -0.4 is 5.32 Å². The van der Waals surface area contributed by atoms with Gasteiger partial charge in [-0.3, -0.25) is 0 Å². The minimum Gasteiger partial charge on any atom is -0.456 e. The number of hydrogen-bond acceptors (Lipinski definition) is 6. The average Bonchev–Trinajstić information content (AvgIpc) is 3.20. The molecule has 2 aromatic heterocycles. The molecule has 5 nitrogen and oxygen atoms in total. The lowest BCUT2D eigenvalue weighted by Gasteiger charge is -2.07. The van der Waals surface area contributed by atoms with Gasteiger partial charge in [0.1, 0.15) is 11.8 Å². The SMILES string of the molecule is O=C(OCc1cc2ccccc2nc1Cl)c1csc(NCc2ccccc2)n1. The van der Waals surface area contributed by atoms with Crippen molar-refractivity contribution in [3.05, 3.63) is 88.0 Å². The van der Waals surface area contributed by atoms with Crippen LogP contribution in [0.15, 0.2) is 66.0 Å². The van der Waals surface area contributed by atoms with Gasteiger partial charge in [-0.2, -0.15) is 0 Å². The van der Waals surface area contributed by atoms with Gasteiger partial charge >= 0.3 is 5.97 Å². The number of nitrogens with zero attached hydrogens (tertiary/aromatic N) is 2. The van der Waals surface area contributed by atoms with Crippen LogP contribution in [0.25, 0.3) is 10.9 Å². The predicted molar refractivity (Wildman–Crippen MR) is 112 cm³/mol. The maximum atomic E-state index is 12.3. The molecule has 0 unspecified atom stereocenters. The highest BCUT2D eigenvalue weighted by Crippen LogP contribution is 2.22. The van der Waals surface area contributed by atoms with Crippen LogP contribution in [-0.4, -0.2) is 15.9 Å². The molecule has 0 bridgehead atoms. The Morgan fingerprint density at radius 3 is 2.71 bits per heavy atom. The summed E-state index contributed by atoms with van der Waals surface area (Å²) in [5.74, 6) is -0.492. The molecule has 0 aliphatic rings. The summed E-state index contributed by atoms with van der Waals surface area (Å²) in [7, 11) is 0. The Hall–Kier alpha value is -2.96. The molecule has 0 amide bonds. The van der Waals surface area contributed by atoms with Crippen LogP contribution in [0, 0.1) is 0 Å². The summed E-state index contributed by atoms with van der Waals surface area (Å²) in [6.07, 6.45) is 0. The molecule has 4 rings (SSSR count). The van der Waals surface area contributed by atoms with E-state index in [1.807, 2.05) is 60.7 Å². The molecule has 0 aliphatic heterocycles. The molecule has 28 heavy (non-hydrogen) atoms. The van der Waals surface area contributed by atoms with Crippen molar-refractivity contribution in [2.45, 2.75) is 13.2 Å². The molecule has 0 aliphatic carbocycles. The van der Waals surface area contributed by atoms with E-state index in [2.05, 4.69) is 15.3 Å². The number of fused-ring (bicyclic) bond motifs is 1. The van der Waals surface area contributed by atoms with E-state index in [9.17, 15) is 4.79 Å². The Kier molecular flexibility index (Phi) is 5.50. The first-order valence-electron chi connectivity index (χ1n) is 8.63. The van der Waals surface area contributed by atoms with Gasteiger partial charge in [0, 0.05) is 22.9 Å². The summed E-state index contributed by atoms with van der Waals surface area (Å²) >= 11 is 7.57. The third kappa shape index (κ3) is 4.30. The van der Waals surface area contributed by atoms with Crippen molar-refractivity contribution in [3.8, 4) is 0 Å². The van der Waals surface area contributed by atoms with Crippen molar-refractivity contribution in [2.75, 3.05) is 5.32 Å². The second kappa shape index (κ2) is 8.37. The fraction of sp³-hybridized carbons (Fsp3) is 0.0952. The standard InChI is InChI=1S/C21H16ClN3O2S/c22-19-16(10-15-8-4-5-9-17(15)24-19)12-27-20(26)18-13-28-21(25-18)23-11-14-6-2-1-3-7-14/h1-10,13H,11-12H2,(H,23,25). The van der Waals surface area contributed by atoms with Crippen LogP contribution in [0.3, 0.4) is 0 Å². The molecule has 0 spiro atoms. The molecular weight excluding hydrogens is 394 g/mol. The zero-order valence-electron chi connectivity index (χ0n) is 14.8. The van der Waals surface area contributed by atoms with Crippen molar-refractivity contribution < 1.29 is 9.53 Å². The number of halogens is 1. The van der Waals surface area contributed by atoms with Gasteiger partial charge in [0.15, 0.2) is 10.8 Å². The molecule has 0 saturated heterocycles. The number of rotatable bonds is 6. The Balaban J connectivity index is 1.38. The molecule has 2 heterocycles. The van der Waals surface area contributed by atoms with E-state index < -0.39 is 5.97 Å². The minimum absolute atomic E-state index is 0.0415. The third-order valence-electron chi connectivity index (χ3n) is 4.11. The Bertz CT molecular complexity index is 1120. The maximum absolute atomic E-state index is 12.3.